The topological polar surface area (TPSA) is 42.2 Å². The molecule has 1 aromatic rings. The summed E-state index contributed by atoms with van der Waals surface area (Å²) >= 11 is 0. The molecule has 1 heterocycles. The Kier molecular flexibility index (Phi) is 1.87. The largest absolute Gasteiger partial charge is 0.373 e. The molecule has 0 spiro atoms. The molecule has 0 radical (unpaired) electrons. The van der Waals surface area contributed by atoms with Crippen molar-refractivity contribution in [3.8, 4) is 0 Å². The number of hydrogen-bond donors (Lipinski definition) is 1. The summed E-state index contributed by atoms with van der Waals surface area (Å²) in [5.41, 5.74) is -0.183. The van der Waals surface area contributed by atoms with Crippen LogP contribution in [0.2, 0.25) is 0 Å². The molecule has 0 saturated heterocycles. The van der Waals surface area contributed by atoms with Crippen LogP contribution in [0.25, 0.3) is 0 Å². The van der Waals surface area contributed by atoms with E-state index < -0.39 is 6.23 Å². The minimum absolute atomic E-state index is 0.183. The maximum atomic E-state index is 10.9. The molecule has 0 aliphatic carbocycles. The number of aliphatic hydroxyl groups excluding tert-OH is 1. The van der Waals surface area contributed by atoms with Crippen LogP contribution in [-0.2, 0) is 0 Å². The molecule has 10 heavy (non-hydrogen) atoms. The van der Waals surface area contributed by atoms with E-state index in [0.29, 0.717) is 0 Å². The van der Waals surface area contributed by atoms with Crippen molar-refractivity contribution < 1.29 is 5.11 Å². The Morgan fingerprint density at radius 1 is 1.60 bits per heavy atom. The molecule has 54 valence electrons. The van der Waals surface area contributed by atoms with Gasteiger partial charge in [-0.15, -0.1) is 0 Å². The highest BCUT2D eigenvalue weighted by atomic mass is 16.3. The van der Waals surface area contributed by atoms with Crippen molar-refractivity contribution in [2.24, 2.45) is 0 Å². The summed E-state index contributed by atoms with van der Waals surface area (Å²) in [6, 6.07) is 4.75. The molecule has 3 nitrogen and oxygen atoms in total. The Hall–Kier alpha value is -1.09. The van der Waals surface area contributed by atoms with Crippen molar-refractivity contribution in [3.05, 3.63) is 34.7 Å². The molecular formula is C7H9NO2. The lowest BCUT2D eigenvalue weighted by Crippen LogP contribution is -2.20. The lowest BCUT2D eigenvalue weighted by Gasteiger charge is -2.05. The lowest BCUT2D eigenvalue weighted by atomic mass is 10.4. The number of aromatic nitrogens is 1. The van der Waals surface area contributed by atoms with E-state index in [1.807, 2.05) is 0 Å². The molecule has 1 N–H and O–H groups in total. The van der Waals surface area contributed by atoms with E-state index >= 15 is 0 Å². The highest BCUT2D eigenvalue weighted by molar-refractivity contribution is 4.93. The molecule has 0 amide bonds. The van der Waals surface area contributed by atoms with Crippen LogP contribution in [0, 0.1) is 0 Å². The smallest absolute Gasteiger partial charge is 0.252 e. The number of nitrogens with zero attached hydrogens (tertiary/aromatic N) is 1. The Labute approximate surface area is 58.5 Å². The second-order valence-corrected chi connectivity index (χ2v) is 2.08. The van der Waals surface area contributed by atoms with Crippen molar-refractivity contribution in [3.63, 3.8) is 0 Å². The van der Waals surface area contributed by atoms with Crippen molar-refractivity contribution in [1.82, 2.24) is 4.57 Å². The van der Waals surface area contributed by atoms with Gasteiger partial charge in [-0.05, 0) is 13.0 Å². The van der Waals surface area contributed by atoms with Gasteiger partial charge in [0.05, 0.1) is 0 Å². The van der Waals surface area contributed by atoms with Gasteiger partial charge in [0.2, 0.25) is 0 Å². The Balaban J connectivity index is 3.16. The van der Waals surface area contributed by atoms with Gasteiger partial charge in [0.15, 0.2) is 0 Å². The fraction of sp³-hybridized carbons (Fsp3) is 0.286. The zero-order chi connectivity index (χ0) is 7.56. The van der Waals surface area contributed by atoms with Crippen LogP contribution < -0.4 is 5.56 Å². The molecule has 0 aliphatic rings. The van der Waals surface area contributed by atoms with Crippen molar-refractivity contribution in [2.75, 3.05) is 0 Å². The SMILES string of the molecule is CC(O)n1ccccc1=O. The molecule has 1 rings (SSSR count). The predicted octanol–water partition coefficient (Wildman–Crippen LogP) is 0.359. The van der Waals surface area contributed by atoms with E-state index in [-0.39, 0.29) is 5.56 Å². The van der Waals surface area contributed by atoms with Crippen LogP contribution in [0.3, 0.4) is 0 Å². The van der Waals surface area contributed by atoms with Crippen LogP contribution in [0.5, 0.6) is 0 Å². The van der Waals surface area contributed by atoms with Gasteiger partial charge in [0, 0.05) is 12.3 Å². The van der Waals surface area contributed by atoms with Gasteiger partial charge in [-0.3, -0.25) is 9.36 Å². The molecule has 3 heteroatoms. The van der Waals surface area contributed by atoms with E-state index in [4.69, 9.17) is 5.11 Å². The molecule has 0 fully saturated rings. The van der Waals surface area contributed by atoms with Gasteiger partial charge >= 0.3 is 0 Å². The molecule has 1 aromatic heterocycles. The van der Waals surface area contributed by atoms with E-state index in [2.05, 4.69) is 0 Å². The number of rotatable bonds is 1. The molecule has 1 unspecified atom stereocenters. The second kappa shape index (κ2) is 2.66. The summed E-state index contributed by atoms with van der Waals surface area (Å²) < 4.78 is 1.25. The highest BCUT2D eigenvalue weighted by Crippen LogP contribution is 1.93. The van der Waals surface area contributed by atoms with Gasteiger partial charge in [-0.25, -0.2) is 0 Å². The third-order valence-electron chi connectivity index (χ3n) is 1.25. The molecule has 0 saturated carbocycles. The van der Waals surface area contributed by atoms with Crippen molar-refractivity contribution in [2.45, 2.75) is 13.2 Å². The average Bonchev–Trinajstić information content (AvgIpc) is 1.88. The van der Waals surface area contributed by atoms with Crippen LogP contribution in [-0.4, -0.2) is 9.67 Å². The normalized spacial score (nSPS) is 13.0. The minimum atomic E-state index is -0.742. The van der Waals surface area contributed by atoms with Gasteiger partial charge in [-0.2, -0.15) is 0 Å². The first-order chi connectivity index (χ1) is 4.72. The Morgan fingerprint density at radius 3 is 2.70 bits per heavy atom. The average molecular weight is 139 g/mol. The molecular weight excluding hydrogens is 130 g/mol. The Bertz CT molecular complexity index is 264. The number of aliphatic hydroxyl groups is 1. The standard InChI is InChI=1S/C7H9NO2/c1-6(9)8-5-3-2-4-7(8)10/h2-6,9H,1H3. The summed E-state index contributed by atoms with van der Waals surface area (Å²) in [5, 5.41) is 8.97. The Morgan fingerprint density at radius 2 is 2.30 bits per heavy atom. The van der Waals surface area contributed by atoms with Gasteiger partial charge in [0.25, 0.3) is 5.56 Å². The van der Waals surface area contributed by atoms with E-state index in [0.717, 1.165) is 0 Å². The first kappa shape index (κ1) is 7.02. The molecule has 0 aromatic carbocycles. The highest BCUT2D eigenvalue weighted by Gasteiger charge is 1.97. The van der Waals surface area contributed by atoms with Crippen LogP contribution in [0.15, 0.2) is 29.2 Å². The first-order valence-electron chi connectivity index (χ1n) is 3.07. The summed E-state index contributed by atoms with van der Waals surface area (Å²) in [6.07, 6.45) is 0.807. The third kappa shape index (κ3) is 1.25. The van der Waals surface area contributed by atoms with Crippen molar-refractivity contribution >= 4 is 0 Å². The minimum Gasteiger partial charge on any atom is -0.373 e. The van der Waals surface area contributed by atoms with Crippen molar-refractivity contribution in [1.29, 1.82) is 0 Å². The van der Waals surface area contributed by atoms with Crippen LogP contribution in [0.4, 0.5) is 0 Å². The second-order valence-electron chi connectivity index (χ2n) is 2.08. The van der Waals surface area contributed by atoms with E-state index in [1.165, 1.54) is 10.6 Å². The quantitative estimate of drug-likeness (QED) is 0.610. The zero-order valence-electron chi connectivity index (χ0n) is 5.69. The maximum Gasteiger partial charge on any atom is 0.252 e. The fourth-order valence-electron chi connectivity index (χ4n) is 0.749. The van der Waals surface area contributed by atoms with Crippen LogP contribution in [0.1, 0.15) is 13.2 Å². The summed E-state index contributed by atoms with van der Waals surface area (Å²) in [4.78, 5) is 10.9. The van der Waals surface area contributed by atoms with Gasteiger partial charge in [0.1, 0.15) is 6.23 Å². The monoisotopic (exact) mass is 139 g/mol. The van der Waals surface area contributed by atoms with Gasteiger partial charge < -0.3 is 5.11 Å². The third-order valence-corrected chi connectivity index (χ3v) is 1.25. The zero-order valence-corrected chi connectivity index (χ0v) is 5.69. The first-order valence-corrected chi connectivity index (χ1v) is 3.07. The summed E-state index contributed by atoms with van der Waals surface area (Å²) in [6.45, 7) is 1.54. The number of pyridine rings is 1. The summed E-state index contributed by atoms with van der Waals surface area (Å²) in [5.74, 6) is 0. The molecule has 0 aliphatic heterocycles. The fourth-order valence-corrected chi connectivity index (χ4v) is 0.749. The van der Waals surface area contributed by atoms with Gasteiger partial charge in [-0.1, -0.05) is 6.07 Å². The molecule has 0 bridgehead atoms. The predicted molar refractivity (Wildman–Crippen MR) is 37.6 cm³/mol. The maximum absolute atomic E-state index is 10.9. The lowest BCUT2D eigenvalue weighted by molar-refractivity contribution is 0.120. The van der Waals surface area contributed by atoms with E-state index in [9.17, 15) is 4.79 Å². The molecule has 1 atom stereocenters. The summed E-state index contributed by atoms with van der Waals surface area (Å²) in [7, 11) is 0. The van der Waals surface area contributed by atoms with E-state index in [1.54, 1.807) is 25.3 Å². The number of hydrogen-bond acceptors (Lipinski definition) is 2. The van der Waals surface area contributed by atoms with Crippen LogP contribution >= 0.6 is 0 Å².